The van der Waals surface area contributed by atoms with Crippen molar-refractivity contribution in [2.45, 2.75) is 45.6 Å². The average molecular weight is 403 g/mol. The summed E-state index contributed by atoms with van der Waals surface area (Å²) in [5, 5.41) is 13.5. The van der Waals surface area contributed by atoms with E-state index in [4.69, 9.17) is 11.6 Å². The van der Waals surface area contributed by atoms with Gasteiger partial charge in [0.05, 0.1) is 0 Å². The van der Waals surface area contributed by atoms with Crippen LogP contribution in [-0.2, 0) is 11.2 Å². The molecule has 0 spiro atoms. The minimum Gasteiger partial charge on any atom is -0.508 e. The number of rotatable bonds is 8. The van der Waals surface area contributed by atoms with Crippen molar-refractivity contribution >= 4 is 17.5 Å². The van der Waals surface area contributed by atoms with Crippen LogP contribution < -0.4 is 5.32 Å². The molecule has 5 heteroatoms. The Morgan fingerprint density at radius 1 is 1.14 bits per heavy atom. The van der Waals surface area contributed by atoms with E-state index in [0.29, 0.717) is 23.7 Å². The Hall–Kier alpha value is -2.04. The van der Waals surface area contributed by atoms with E-state index in [1.807, 2.05) is 52.2 Å². The van der Waals surface area contributed by atoms with E-state index in [1.165, 1.54) is 5.56 Å². The van der Waals surface area contributed by atoms with Gasteiger partial charge < -0.3 is 15.3 Å². The predicted octanol–water partition coefficient (Wildman–Crippen LogP) is 4.45. The molecule has 152 valence electrons. The average Bonchev–Trinajstić information content (AvgIpc) is 2.60. The number of likely N-dealkylation sites (N-methyl/N-ethyl adjacent to an activating group) is 1. The van der Waals surface area contributed by atoms with E-state index in [1.54, 1.807) is 12.1 Å². The highest BCUT2D eigenvalue weighted by molar-refractivity contribution is 6.30. The number of carbonyl (C=O) groups is 1. The maximum Gasteiger partial charge on any atom is 0.220 e. The predicted molar refractivity (Wildman–Crippen MR) is 116 cm³/mol. The molecule has 0 heterocycles. The fourth-order valence-corrected chi connectivity index (χ4v) is 3.58. The van der Waals surface area contributed by atoms with Gasteiger partial charge in [0, 0.05) is 24.0 Å². The largest absolute Gasteiger partial charge is 0.508 e. The molecule has 0 saturated heterocycles. The molecule has 2 aromatic rings. The molecule has 28 heavy (non-hydrogen) atoms. The molecule has 0 bridgehead atoms. The summed E-state index contributed by atoms with van der Waals surface area (Å²) in [4.78, 5) is 14.6. The van der Waals surface area contributed by atoms with Crippen molar-refractivity contribution in [1.29, 1.82) is 0 Å². The third kappa shape index (κ3) is 6.25. The van der Waals surface area contributed by atoms with Gasteiger partial charge in [-0.05, 0) is 86.8 Å². The first-order valence-electron chi connectivity index (χ1n) is 9.65. The molecule has 2 N–H and O–H groups in total. The Morgan fingerprint density at radius 3 is 2.25 bits per heavy atom. The van der Waals surface area contributed by atoms with Crippen LogP contribution in [0.1, 0.15) is 41.5 Å². The molecule has 2 rings (SSSR count). The molecule has 0 saturated carbocycles. The number of nitrogens with zero attached hydrogens (tertiary/aromatic N) is 1. The van der Waals surface area contributed by atoms with Crippen molar-refractivity contribution in [3.05, 3.63) is 63.7 Å². The Morgan fingerprint density at radius 2 is 1.71 bits per heavy atom. The lowest BCUT2D eigenvalue weighted by molar-refractivity contribution is -0.121. The number of carbonyl (C=O) groups excluding carboxylic acids is 1. The number of phenolic OH excluding ortho intramolecular Hbond substituents is 1. The number of hydrogen-bond donors (Lipinski definition) is 2. The molecule has 0 fully saturated rings. The topological polar surface area (TPSA) is 52.6 Å². The van der Waals surface area contributed by atoms with Crippen molar-refractivity contribution in [2.75, 3.05) is 20.6 Å². The van der Waals surface area contributed by atoms with Gasteiger partial charge in [0.1, 0.15) is 5.75 Å². The number of aryl methyl sites for hydroxylation is 2. The van der Waals surface area contributed by atoms with Crippen molar-refractivity contribution < 1.29 is 9.90 Å². The number of phenols is 1. The van der Waals surface area contributed by atoms with Crippen LogP contribution in [0.25, 0.3) is 0 Å². The molecule has 2 atom stereocenters. The maximum absolute atomic E-state index is 12.5. The molecule has 0 radical (unpaired) electrons. The Bertz CT molecular complexity index is 780. The second kappa shape index (κ2) is 9.94. The van der Waals surface area contributed by atoms with Gasteiger partial charge in [0.2, 0.25) is 5.91 Å². The third-order valence-corrected chi connectivity index (χ3v) is 5.57. The lowest BCUT2D eigenvalue weighted by Crippen LogP contribution is -2.42. The number of hydrogen-bond acceptors (Lipinski definition) is 3. The van der Waals surface area contributed by atoms with Crippen LogP contribution in [0.2, 0.25) is 5.02 Å². The second-order valence-electron chi connectivity index (χ2n) is 7.84. The third-order valence-electron chi connectivity index (χ3n) is 5.32. The van der Waals surface area contributed by atoms with Crippen LogP contribution in [-0.4, -0.2) is 42.6 Å². The Balaban J connectivity index is 1.95. The van der Waals surface area contributed by atoms with Crippen molar-refractivity contribution in [3.8, 4) is 5.75 Å². The van der Waals surface area contributed by atoms with Gasteiger partial charge in [0.15, 0.2) is 0 Å². The molecule has 0 aliphatic heterocycles. The summed E-state index contributed by atoms with van der Waals surface area (Å²) in [5.74, 6) is 0.481. The van der Waals surface area contributed by atoms with Gasteiger partial charge in [0.25, 0.3) is 0 Å². The monoisotopic (exact) mass is 402 g/mol. The van der Waals surface area contributed by atoms with E-state index in [-0.39, 0.29) is 17.9 Å². The van der Waals surface area contributed by atoms with Gasteiger partial charge in [-0.25, -0.2) is 0 Å². The van der Waals surface area contributed by atoms with Crippen molar-refractivity contribution in [3.63, 3.8) is 0 Å². The summed E-state index contributed by atoms with van der Waals surface area (Å²) in [6.07, 6.45) is 1.26. The standard InChI is InChI=1S/C23H31ClN2O2/c1-15(18-6-8-19(24)9-7-18)12-23(28)25-14-20(26(4)5)13-22-16(2)10-21(27)11-17(22)3/h6-11,15,20,27H,12-14H2,1-5H3,(H,25,28)/t15-,20-/m0/s1. The lowest BCUT2D eigenvalue weighted by atomic mass is 9.95. The van der Waals surface area contributed by atoms with Gasteiger partial charge in [-0.3, -0.25) is 4.79 Å². The van der Waals surface area contributed by atoms with Crippen LogP contribution >= 0.6 is 11.6 Å². The zero-order valence-electron chi connectivity index (χ0n) is 17.4. The number of halogens is 1. The SMILES string of the molecule is Cc1cc(O)cc(C)c1C[C@@H](CNC(=O)C[C@H](C)c1ccc(Cl)cc1)N(C)C. The fraction of sp³-hybridized carbons (Fsp3) is 0.435. The summed E-state index contributed by atoms with van der Waals surface area (Å²) in [6.45, 7) is 6.66. The number of nitrogens with one attached hydrogen (secondary N) is 1. The van der Waals surface area contributed by atoms with E-state index >= 15 is 0 Å². The summed E-state index contributed by atoms with van der Waals surface area (Å²) < 4.78 is 0. The minimum atomic E-state index is 0.0495. The normalized spacial score (nSPS) is 13.4. The molecule has 4 nitrogen and oxygen atoms in total. The van der Waals surface area contributed by atoms with E-state index in [9.17, 15) is 9.90 Å². The first-order valence-corrected chi connectivity index (χ1v) is 10.0. The molecule has 2 aromatic carbocycles. The van der Waals surface area contributed by atoms with Crippen LogP contribution in [0.15, 0.2) is 36.4 Å². The fourth-order valence-electron chi connectivity index (χ4n) is 3.46. The van der Waals surface area contributed by atoms with Gasteiger partial charge in [-0.1, -0.05) is 30.7 Å². The second-order valence-corrected chi connectivity index (χ2v) is 8.28. The highest BCUT2D eigenvalue weighted by atomic mass is 35.5. The highest BCUT2D eigenvalue weighted by Gasteiger charge is 2.18. The lowest BCUT2D eigenvalue weighted by Gasteiger charge is -2.26. The molecule has 0 aliphatic rings. The molecule has 0 aliphatic carbocycles. The Labute approximate surface area is 173 Å². The summed E-state index contributed by atoms with van der Waals surface area (Å²) >= 11 is 5.94. The highest BCUT2D eigenvalue weighted by Crippen LogP contribution is 2.23. The first-order chi connectivity index (χ1) is 13.2. The number of aromatic hydroxyl groups is 1. The summed E-state index contributed by atoms with van der Waals surface area (Å²) in [5.41, 5.74) is 4.48. The summed E-state index contributed by atoms with van der Waals surface area (Å²) in [6, 6.07) is 11.4. The van der Waals surface area contributed by atoms with E-state index in [2.05, 4.69) is 17.1 Å². The van der Waals surface area contributed by atoms with Crippen LogP contribution in [0, 0.1) is 13.8 Å². The number of amides is 1. The van der Waals surface area contributed by atoms with E-state index in [0.717, 1.165) is 23.1 Å². The van der Waals surface area contributed by atoms with Crippen molar-refractivity contribution in [1.82, 2.24) is 10.2 Å². The first kappa shape index (κ1) is 22.3. The van der Waals surface area contributed by atoms with Crippen molar-refractivity contribution in [2.24, 2.45) is 0 Å². The molecular weight excluding hydrogens is 372 g/mol. The van der Waals surface area contributed by atoms with Crippen LogP contribution in [0.3, 0.4) is 0 Å². The quantitative estimate of drug-likeness (QED) is 0.686. The maximum atomic E-state index is 12.5. The number of benzene rings is 2. The molecule has 0 aromatic heterocycles. The zero-order chi connectivity index (χ0) is 20.8. The molecule has 1 amide bonds. The van der Waals surface area contributed by atoms with Gasteiger partial charge in [-0.2, -0.15) is 0 Å². The minimum absolute atomic E-state index is 0.0495. The van der Waals surface area contributed by atoms with Gasteiger partial charge >= 0.3 is 0 Å². The zero-order valence-corrected chi connectivity index (χ0v) is 18.2. The summed E-state index contributed by atoms with van der Waals surface area (Å²) in [7, 11) is 4.05. The van der Waals surface area contributed by atoms with Crippen LogP contribution in [0.5, 0.6) is 5.75 Å². The smallest absolute Gasteiger partial charge is 0.220 e. The molecule has 0 unspecified atom stereocenters. The van der Waals surface area contributed by atoms with Gasteiger partial charge in [-0.15, -0.1) is 0 Å². The van der Waals surface area contributed by atoms with Crippen LogP contribution in [0.4, 0.5) is 0 Å². The molecular formula is C23H31ClN2O2. The van der Waals surface area contributed by atoms with E-state index < -0.39 is 0 Å². The Kier molecular flexibility index (Phi) is 7.90.